The van der Waals surface area contributed by atoms with Gasteiger partial charge in [-0.25, -0.2) is 0 Å². The average molecular weight is 355 g/mol. The Morgan fingerprint density at radius 3 is 2.35 bits per heavy atom. The Kier molecular flexibility index (Phi) is 4.25. The SMILES string of the molecule is CC(=O)c1cccc(OS(=O)(=O)c2ccc(Br)cc2)c1. The number of ketones is 1. The first-order chi connectivity index (χ1) is 9.38. The van der Waals surface area contributed by atoms with Crippen LogP contribution in [-0.2, 0) is 10.1 Å². The molecule has 0 aromatic heterocycles. The van der Waals surface area contributed by atoms with Gasteiger partial charge in [0, 0.05) is 10.0 Å². The first kappa shape index (κ1) is 14.7. The minimum absolute atomic E-state index is 0.0499. The zero-order valence-corrected chi connectivity index (χ0v) is 12.9. The number of halogens is 1. The molecule has 2 aromatic carbocycles. The second-order valence-electron chi connectivity index (χ2n) is 4.08. The predicted molar refractivity (Wildman–Crippen MR) is 78.4 cm³/mol. The van der Waals surface area contributed by atoms with E-state index in [0.717, 1.165) is 4.47 Å². The third-order valence-corrected chi connectivity index (χ3v) is 4.34. The average Bonchev–Trinajstić information content (AvgIpc) is 2.39. The van der Waals surface area contributed by atoms with Crippen LogP contribution >= 0.6 is 15.9 Å². The van der Waals surface area contributed by atoms with Gasteiger partial charge in [0.25, 0.3) is 0 Å². The molecule has 2 rings (SSSR count). The van der Waals surface area contributed by atoms with Crippen molar-refractivity contribution in [2.75, 3.05) is 0 Å². The molecule has 20 heavy (non-hydrogen) atoms. The van der Waals surface area contributed by atoms with Crippen LogP contribution in [-0.4, -0.2) is 14.2 Å². The van der Waals surface area contributed by atoms with E-state index >= 15 is 0 Å². The second kappa shape index (κ2) is 5.76. The van der Waals surface area contributed by atoms with Crippen molar-refractivity contribution in [2.45, 2.75) is 11.8 Å². The van der Waals surface area contributed by atoms with Gasteiger partial charge in [0.15, 0.2) is 5.78 Å². The Morgan fingerprint density at radius 2 is 1.75 bits per heavy atom. The zero-order valence-electron chi connectivity index (χ0n) is 10.5. The summed E-state index contributed by atoms with van der Waals surface area (Å²) in [7, 11) is -3.90. The van der Waals surface area contributed by atoms with E-state index < -0.39 is 10.1 Å². The van der Waals surface area contributed by atoms with E-state index in [4.69, 9.17) is 4.18 Å². The minimum Gasteiger partial charge on any atom is -0.379 e. The van der Waals surface area contributed by atoms with Gasteiger partial charge in [0.2, 0.25) is 0 Å². The summed E-state index contributed by atoms with van der Waals surface area (Å²) in [5.41, 5.74) is 0.397. The van der Waals surface area contributed by atoms with Crippen LogP contribution in [0.5, 0.6) is 5.75 Å². The minimum atomic E-state index is -3.90. The van der Waals surface area contributed by atoms with E-state index in [9.17, 15) is 13.2 Å². The number of carbonyl (C=O) groups excluding carboxylic acids is 1. The molecule has 0 saturated heterocycles. The molecule has 0 spiro atoms. The molecule has 4 nitrogen and oxygen atoms in total. The third-order valence-electron chi connectivity index (χ3n) is 2.55. The molecule has 0 atom stereocenters. The van der Waals surface area contributed by atoms with Gasteiger partial charge >= 0.3 is 10.1 Å². The molecule has 104 valence electrons. The van der Waals surface area contributed by atoms with Crippen molar-refractivity contribution < 1.29 is 17.4 Å². The van der Waals surface area contributed by atoms with Crippen molar-refractivity contribution in [3.63, 3.8) is 0 Å². The number of hydrogen-bond acceptors (Lipinski definition) is 4. The van der Waals surface area contributed by atoms with E-state index in [1.165, 1.54) is 31.2 Å². The number of hydrogen-bond donors (Lipinski definition) is 0. The monoisotopic (exact) mass is 354 g/mol. The summed E-state index contributed by atoms with van der Waals surface area (Å²) in [6.45, 7) is 1.41. The Balaban J connectivity index is 2.31. The van der Waals surface area contributed by atoms with Gasteiger partial charge < -0.3 is 4.18 Å². The van der Waals surface area contributed by atoms with Gasteiger partial charge in [0.05, 0.1) is 0 Å². The maximum absolute atomic E-state index is 12.1. The summed E-state index contributed by atoms with van der Waals surface area (Å²) in [6.07, 6.45) is 0. The lowest BCUT2D eigenvalue weighted by molar-refractivity contribution is 0.101. The van der Waals surface area contributed by atoms with Crippen LogP contribution in [0.15, 0.2) is 57.9 Å². The van der Waals surface area contributed by atoms with Crippen LogP contribution in [0.4, 0.5) is 0 Å². The fraction of sp³-hybridized carbons (Fsp3) is 0.0714. The highest BCUT2D eigenvalue weighted by Gasteiger charge is 2.16. The Labute approximate surface area is 125 Å². The molecule has 6 heteroatoms. The molecular formula is C14H11BrO4S. The molecule has 0 fully saturated rings. The van der Waals surface area contributed by atoms with E-state index in [-0.39, 0.29) is 16.4 Å². The Morgan fingerprint density at radius 1 is 1.10 bits per heavy atom. The van der Waals surface area contributed by atoms with Crippen molar-refractivity contribution in [3.05, 3.63) is 58.6 Å². The normalized spacial score (nSPS) is 11.1. The zero-order chi connectivity index (χ0) is 14.8. The molecule has 2 aromatic rings. The summed E-state index contributed by atoms with van der Waals surface area (Å²) < 4.78 is 29.9. The molecular weight excluding hydrogens is 344 g/mol. The van der Waals surface area contributed by atoms with Crippen LogP contribution in [0, 0.1) is 0 Å². The summed E-state index contributed by atoms with van der Waals surface area (Å²) in [4.78, 5) is 11.3. The van der Waals surface area contributed by atoms with Crippen molar-refractivity contribution in [1.29, 1.82) is 0 Å². The lowest BCUT2D eigenvalue weighted by Gasteiger charge is -2.07. The number of rotatable bonds is 4. The van der Waals surface area contributed by atoms with Crippen molar-refractivity contribution in [3.8, 4) is 5.75 Å². The summed E-state index contributed by atoms with van der Waals surface area (Å²) in [5, 5.41) is 0. The highest BCUT2D eigenvalue weighted by molar-refractivity contribution is 9.10. The third kappa shape index (κ3) is 3.46. The van der Waals surface area contributed by atoms with Crippen molar-refractivity contribution in [1.82, 2.24) is 0 Å². The van der Waals surface area contributed by atoms with E-state index in [1.54, 1.807) is 24.3 Å². The molecule has 0 aliphatic carbocycles. The van der Waals surface area contributed by atoms with Gasteiger partial charge in [-0.05, 0) is 43.3 Å². The van der Waals surface area contributed by atoms with Gasteiger partial charge in [-0.3, -0.25) is 4.79 Å². The van der Waals surface area contributed by atoms with Crippen LogP contribution < -0.4 is 4.18 Å². The molecule has 0 amide bonds. The maximum atomic E-state index is 12.1. The van der Waals surface area contributed by atoms with Gasteiger partial charge in [-0.2, -0.15) is 8.42 Å². The lowest BCUT2D eigenvalue weighted by atomic mass is 10.1. The molecule has 0 aliphatic heterocycles. The van der Waals surface area contributed by atoms with Gasteiger partial charge in [-0.15, -0.1) is 0 Å². The van der Waals surface area contributed by atoms with E-state index in [0.29, 0.717) is 5.56 Å². The molecule has 0 saturated carbocycles. The first-order valence-electron chi connectivity index (χ1n) is 5.69. The van der Waals surface area contributed by atoms with E-state index in [2.05, 4.69) is 15.9 Å². The number of benzene rings is 2. The standard InChI is InChI=1S/C14H11BrO4S/c1-10(16)11-3-2-4-13(9-11)19-20(17,18)14-7-5-12(15)6-8-14/h2-9H,1H3. The molecule has 0 N–H and O–H groups in total. The summed E-state index contributed by atoms with van der Waals surface area (Å²) >= 11 is 3.23. The van der Waals surface area contributed by atoms with E-state index in [1.807, 2.05) is 0 Å². The molecule has 0 aliphatic rings. The second-order valence-corrected chi connectivity index (χ2v) is 6.54. The van der Waals surface area contributed by atoms with Crippen LogP contribution in [0.25, 0.3) is 0 Å². The lowest BCUT2D eigenvalue weighted by Crippen LogP contribution is -2.10. The first-order valence-corrected chi connectivity index (χ1v) is 7.90. The van der Waals surface area contributed by atoms with Crippen LogP contribution in [0.3, 0.4) is 0 Å². The molecule has 0 bridgehead atoms. The smallest absolute Gasteiger partial charge is 0.339 e. The van der Waals surface area contributed by atoms with Gasteiger partial charge in [0.1, 0.15) is 10.6 Å². The Hall–Kier alpha value is -1.66. The highest BCUT2D eigenvalue weighted by atomic mass is 79.9. The van der Waals surface area contributed by atoms with Crippen molar-refractivity contribution >= 4 is 31.8 Å². The van der Waals surface area contributed by atoms with Crippen molar-refractivity contribution in [2.24, 2.45) is 0 Å². The molecule has 0 radical (unpaired) electrons. The number of Topliss-reactive ketones (excluding diaryl/α,β-unsaturated/α-hetero) is 1. The molecule has 0 heterocycles. The molecule has 0 unspecified atom stereocenters. The summed E-state index contributed by atoms with van der Waals surface area (Å²) in [6, 6.07) is 12.2. The van der Waals surface area contributed by atoms with Crippen LogP contribution in [0.1, 0.15) is 17.3 Å². The topological polar surface area (TPSA) is 60.4 Å². The number of carbonyl (C=O) groups is 1. The maximum Gasteiger partial charge on any atom is 0.339 e. The fourth-order valence-electron chi connectivity index (χ4n) is 1.54. The quantitative estimate of drug-likeness (QED) is 0.623. The summed E-state index contributed by atoms with van der Waals surface area (Å²) in [5.74, 6) is -0.0443. The predicted octanol–water partition coefficient (Wildman–Crippen LogP) is 3.42. The fourth-order valence-corrected chi connectivity index (χ4v) is 2.73. The van der Waals surface area contributed by atoms with Gasteiger partial charge in [-0.1, -0.05) is 28.1 Å². The largest absolute Gasteiger partial charge is 0.379 e. The Bertz CT molecular complexity index is 736. The highest BCUT2D eigenvalue weighted by Crippen LogP contribution is 2.21. The van der Waals surface area contributed by atoms with Crippen LogP contribution in [0.2, 0.25) is 0 Å².